The summed E-state index contributed by atoms with van der Waals surface area (Å²) in [5, 5.41) is 8.69. The van der Waals surface area contributed by atoms with Crippen LogP contribution in [0.25, 0.3) is 0 Å². The van der Waals surface area contributed by atoms with E-state index in [-0.39, 0.29) is 42.9 Å². The van der Waals surface area contributed by atoms with Crippen molar-refractivity contribution in [3.8, 4) is 0 Å². The maximum atomic E-state index is 14.5. The molecule has 1 N–H and O–H groups in total. The normalized spacial score (nSPS) is 10.9. The smallest absolute Gasteiger partial charge is 0.286 e. The lowest BCUT2D eigenvalue weighted by molar-refractivity contribution is 0.0662. The highest BCUT2D eigenvalue weighted by atomic mass is 79.9. The molecule has 0 bridgehead atoms. The van der Waals surface area contributed by atoms with Gasteiger partial charge in [0, 0.05) is 35.3 Å². The van der Waals surface area contributed by atoms with E-state index < -0.39 is 23.0 Å². The molecule has 0 atom stereocenters. The molecule has 0 amide bonds. The first kappa shape index (κ1) is 19.4. The van der Waals surface area contributed by atoms with E-state index in [1.165, 1.54) is 25.4 Å². The van der Waals surface area contributed by atoms with E-state index in [0.29, 0.717) is 4.47 Å². The molecule has 1 aromatic carbocycles. The summed E-state index contributed by atoms with van der Waals surface area (Å²) in [4.78, 5) is 24.2. The fourth-order valence-corrected chi connectivity index (χ4v) is 2.64. The number of ketones is 1. The number of aliphatic hydroxyl groups is 1. The molecule has 2 aromatic rings. The molecule has 8 heteroatoms. The molecule has 5 nitrogen and oxygen atoms in total. The minimum absolute atomic E-state index is 0.0450. The third-order valence-electron chi connectivity index (χ3n) is 3.57. The van der Waals surface area contributed by atoms with Gasteiger partial charge in [-0.1, -0.05) is 22.0 Å². The van der Waals surface area contributed by atoms with Gasteiger partial charge in [0.1, 0.15) is 12.4 Å². The number of halogens is 3. The molecule has 1 heterocycles. The van der Waals surface area contributed by atoms with E-state index >= 15 is 0 Å². The Kier molecular flexibility index (Phi) is 6.57. The first-order valence-corrected chi connectivity index (χ1v) is 8.18. The lowest BCUT2D eigenvalue weighted by atomic mass is 9.98. The predicted octanol–water partition coefficient (Wildman–Crippen LogP) is 2.21. The number of carbonyl (C=O) groups excluding carboxylic acids is 1. The molecule has 134 valence electrons. The lowest BCUT2D eigenvalue weighted by Gasteiger charge is -2.13. The number of ether oxygens (including phenoxy) is 1. The van der Waals surface area contributed by atoms with Crippen LogP contribution in [0.3, 0.4) is 0 Å². The van der Waals surface area contributed by atoms with Crippen LogP contribution >= 0.6 is 15.9 Å². The molecule has 2 rings (SSSR count). The number of Topliss-reactive ketones (excluding diaryl/α,β-unsaturated/α-hetero) is 1. The summed E-state index contributed by atoms with van der Waals surface area (Å²) in [7, 11) is 1.32. The van der Waals surface area contributed by atoms with Gasteiger partial charge in [0.25, 0.3) is 5.56 Å². The second-order valence-electron chi connectivity index (χ2n) is 5.36. The Balaban J connectivity index is 2.45. The number of nitrogens with zero attached hydrogens (tertiary/aromatic N) is 1. The van der Waals surface area contributed by atoms with E-state index in [1.807, 2.05) is 0 Å². The number of aliphatic hydroxyl groups excluding tert-OH is 1. The second-order valence-corrected chi connectivity index (χ2v) is 6.28. The Labute approximate surface area is 151 Å². The average Bonchev–Trinajstić information content (AvgIpc) is 2.57. The monoisotopic (exact) mass is 415 g/mol. The number of benzene rings is 1. The number of hydrogen-bond donors (Lipinski definition) is 1. The Hall–Kier alpha value is -1.90. The van der Waals surface area contributed by atoms with Gasteiger partial charge in [0.2, 0.25) is 0 Å². The van der Waals surface area contributed by atoms with Crippen molar-refractivity contribution >= 4 is 21.7 Å². The number of aryl methyl sites for hydroxylation is 1. The van der Waals surface area contributed by atoms with Gasteiger partial charge >= 0.3 is 0 Å². The summed E-state index contributed by atoms with van der Waals surface area (Å²) in [5.41, 5.74) is -0.984. The van der Waals surface area contributed by atoms with Crippen molar-refractivity contribution in [1.82, 2.24) is 4.57 Å². The van der Waals surface area contributed by atoms with Gasteiger partial charge in [-0.15, -0.1) is 0 Å². The molecule has 0 radical (unpaired) electrons. The highest BCUT2D eigenvalue weighted by molar-refractivity contribution is 9.10. The van der Waals surface area contributed by atoms with Crippen LogP contribution in [0.5, 0.6) is 0 Å². The molecule has 1 aromatic heterocycles. The minimum Gasteiger partial charge on any atom is -0.394 e. The summed E-state index contributed by atoms with van der Waals surface area (Å²) in [6.07, 6.45) is 0.963. The molecule has 0 saturated carbocycles. The highest BCUT2D eigenvalue weighted by Crippen LogP contribution is 2.21. The van der Waals surface area contributed by atoms with Crippen molar-refractivity contribution in [3.05, 3.63) is 67.5 Å². The van der Waals surface area contributed by atoms with Gasteiger partial charge in [-0.05, 0) is 17.7 Å². The molecule has 0 spiro atoms. The van der Waals surface area contributed by atoms with Crippen LogP contribution in [0.4, 0.5) is 8.78 Å². The fourth-order valence-electron chi connectivity index (χ4n) is 2.31. The molecule has 0 fully saturated rings. The van der Waals surface area contributed by atoms with Crippen LogP contribution in [0, 0.1) is 11.6 Å². The zero-order valence-corrected chi connectivity index (χ0v) is 15.0. The molecule has 0 aliphatic heterocycles. The van der Waals surface area contributed by atoms with E-state index in [9.17, 15) is 18.4 Å². The fraction of sp³-hybridized carbons (Fsp3) is 0.294. The van der Waals surface area contributed by atoms with Crippen molar-refractivity contribution in [3.63, 3.8) is 0 Å². The first-order chi connectivity index (χ1) is 11.8. The Morgan fingerprint density at radius 3 is 2.72 bits per heavy atom. The third-order valence-corrected chi connectivity index (χ3v) is 4.07. The number of rotatable bonds is 7. The van der Waals surface area contributed by atoms with E-state index in [2.05, 4.69) is 15.9 Å². The van der Waals surface area contributed by atoms with Crippen LogP contribution in [-0.2, 0) is 18.2 Å². The molecule has 0 aliphatic rings. The van der Waals surface area contributed by atoms with Crippen molar-refractivity contribution in [1.29, 1.82) is 0 Å². The molecule has 0 saturated heterocycles. The summed E-state index contributed by atoms with van der Waals surface area (Å²) in [5.74, 6) is -2.24. The van der Waals surface area contributed by atoms with Crippen LogP contribution in [0.15, 0.2) is 33.7 Å². The second kappa shape index (κ2) is 8.46. The predicted molar refractivity (Wildman–Crippen MR) is 90.8 cm³/mol. The Morgan fingerprint density at radius 1 is 1.36 bits per heavy atom. The van der Waals surface area contributed by atoms with E-state index in [0.717, 1.165) is 4.57 Å². The summed E-state index contributed by atoms with van der Waals surface area (Å²) >= 11 is 3.13. The maximum Gasteiger partial charge on any atom is 0.286 e. The van der Waals surface area contributed by atoms with E-state index in [4.69, 9.17) is 9.84 Å². The largest absolute Gasteiger partial charge is 0.394 e. The molecule has 0 unspecified atom stereocenters. The van der Waals surface area contributed by atoms with Crippen LogP contribution in [0.1, 0.15) is 21.5 Å². The number of carbonyl (C=O) groups is 1. The van der Waals surface area contributed by atoms with Crippen LogP contribution in [-0.4, -0.2) is 35.3 Å². The molecule has 25 heavy (non-hydrogen) atoms. The number of pyridine rings is 1. The van der Waals surface area contributed by atoms with Gasteiger partial charge in [0.15, 0.2) is 11.6 Å². The third kappa shape index (κ3) is 4.59. The number of aromatic nitrogens is 1. The quantitative estimate of drug-likeness (QED) is 0.555. The first-order valence-electron chi connectivity index (χ1n) is 7.39. The molecular formula is C17H16BrF2NO4. The van der Waals surface area contributed by atoms with Crippen molar-refractivity contribution in [2.24, 2.45) is 7.05 Å². The zero-order valence-electron chi connectivity index (χ0n) is 13.4. The summed E-state index contributed by atoms with van der Waals surface area (Å²) < 4.78 is 35.0. The minimum atomic E-state index is -1.10. The standard InChI is InChI=1S/C17H16BrF2NO4/c1-21-8-13(15(23)9-25-5-4-22)12(16(20)17(21)24)6-10-2-3-11(18)7-14(10)19/h2-3,7-8,22H,4-6,9H2,1H3. The zero-order chi connectivity index (χ0) is 18.6. The van der Waals surface area contributed by atoms with Gasteiger partial charge in [0.05, 0.1) is 13.2 Å². The summed E-state index contributed by atoms with van der Waals surface area (Å²) in [6.45, 7) is -0.684. The van der Waals surface area contributed by atoms with Gasteiger partial charge < -0.3 is 14.4 Å². The topological polar surface area (TPSA) is 68.5 Å². The van der Waals surface area contributed by atoms with Crippen molar-refractivity contribution in [2.45, 2.75) is 6.42 Å². The lowest BCUT2D eigenvalue weighted by Crippen LogP contribution is -2.26. The maximum absolute atomic E-state index is 14.5. The molecule has 0 aliphatic carbocycles. The summed E-state index contributed by atoms with van der Waals surface area (Å²) in [6, 6.07) is 4.26. The Morgan fingerprint density at radius 2 is 2.08 bits per heavy atom. The Bertz CT molecular complexity index is 851. The van der Waals surface area contributed by atoms with Crippen LogP contribution < -0.4 is 5.56 Å². The molecular weight excluding hydrogens is 400 g/mol. The highest BCUT2D eigenvalue weighted by Gasteiger charge is 2.21. The van der Waals surface area contributed by atoms with E-state index in [1.54, 1.807) is 6.07 Å². The van der Waals surface area contributed by atoms with Gasteiger partial charge in [-0.2, -0.15) is 0 Å². The van der Waals surface area contributed by atoms with Crippen molar-refractivity contribution < 1.29 is 23.4 Å². The van der Waals surface area contributed by atoms with Crippen molar-refractivity contribution in [2.75, 3.05) is 19.8 Å². The van der Waals surface area contributed by atoms with Gasteiger partial charge in [-0.3, -0.25) is 9.59 Å². The van der Waals surface area contributed by atoms with Gasteiger partial charge in [-0.25, -0.2) is 8.78 Å². The number of hydrogen-bond acceptors (Lipinski definition) is 4. The SMILES string of the molecule is Cn1cc(C(=O)COCCO)c(Cc2ccc(Br)cc2F)c(F)c1=O. The average molecular weight is 416 g/mol. The van der Waals surface area contributed by atoms with Crippen LogP contribution in [0.2, 0.25) is 0 Å².